The van der Waals surface area contributed by atoms with Crippen LogP contribution in [0.1, 0.15) is 35.2 Å². The lowest BCUT2D eigenvalue weighted by Crippen LogP contribution is -2.12. The first-order chi connectivity index (χ1) is 13.0. The Morgan fingerprint density at radius 1 is 1.07 bits per heavy atom. The highest BCUT2D eigenvalue weighted by Gasteiger charge is 2.23. The van der Waals surface area contributed by atoms with E-state index in [4.69, 9.17) is 0 Å². The molecule has 0 unspecified atom stereocenters. The van der Waals surface area contributed by atoms with Crippen LogP contribution in [-0.4, -0.2) is 25.5 Å². The highest BCUT2D eigenvalue weighted by Crippen LogP contribution is 2.35. The summed E-state index contributed by atoms with van der Waals surface area (Å²) in [5, 5.41) is 0.931. The summed E-state index contributed by atoms with van der Waals surface area (Å²) >= 11 is 0. The molecule has 0 bridgehead atoms. The van der Waals surface area contributed by atoms with E-state index in [0.717, 1.165) is 30.2 Å². The Morgan fingerprint density at radius 2 is 1.81 bits per heavy atom. The van der Waals surface area contributed by atoms with Gasteiger partial charge in [0.1, 0.15) is 0 Å². The molecule has 0 amide bonds. The standard InChI is InChI=1S/C21H19NO4S/c1-26-21(23)16-10-12-17(13-11-16)27(24,25)22-14-19(15-6-2-3-7-15)18-8-4-5-9-20(18)22/h4-6,8-14H,2-3,7H2,1H3. The number of nitrogens with zero attached hydrogens (tertiary/aromatic N) is 1. The van der Waals surface area contributed by atoms with Gasteiger partial charge in [-0.15, -0.1) is 0 Å². The Morgan fingerprint density at radius 3 is 2.48 bits per heavy atom. The molecule has 2 aromatic carbocycles. The van der Waals surface area contributed by atoms with Crippen LogP contribution in [0, 0.1) is 0 Å². The lowest BCUT2D eigenvalue weighted by Gasteiger charge is -2.08. The fraction of sp³-hybridized carbons (Fsp3) is 0.190. The van der Waals surface area contributed by atoms with Crippen LogP contribution in [0.2, 0.25) is 0 Å². The lowest BCUT2D eigenvalue weighted by molar-refractivity contribution is 0.0600. The van der Waals surface area contributed by atoms with E-state index in [1.807, 2.05) is 24.3 Å². The number of esters is 1. The third kappa shape index (κ3) is 2.96. The molecule has 3 aromatic rings. The van der Waals surface area contributed by atoms with Crippen molar-refractivity contribution in [3.8, 4) is 0 Å². The third-order valence-corrected chi connectivity index (χ3v) is 6.59. The van der Waals surface area contributed by atoms with E-state index < -0.39 is 16.0 Å². The van der Waals surface area contributed by atoms with Gasteiger partial charge in [0.05, 0.1) is 23.1 Å². The first-order valence-corrected chi connectivity index (χ1v) is 10.2. The number of hydrogen-bond donors (Lipinski definition) is 0. The zero-order chi connectivity index (χ0) is 19.0. The molecule has 0 aliphatic heterocycles. The number of aromatic nitrogens is 1. The molecule has 0 spiro atoms. The minimum atomic E-state index is -3.79. The number of ether oxygens (including phenoxy) is 1. The number of allylic oxidation sites excluding steroid dienone is 2. The van der Waals surface area contributed by atoms with E-state index in [-0.39, 0.29) is 4.90 Å². The molecule has 0 radical (unpaired) electrons. The molecule has 1 aromatic heterocycles. The molecular weight excluding hydrogens is 362 g/mol. The van der Waals surface area contributed by atoms with E-state index in [9.17, 15) is 13.2 Å². The van der Waals surface area contributed by atoms with Crippen molar-refractivity contribution in [3.63, 3.8) is 0 Å². The molecule has 4 rings (SSSR count). The summed E-state index contributed by atoms with van der Waals surface area (Å²) in [7, 11) is -2.50. The molecule has 1 aliphatic carbocycles. The highest BCUT2D eigenvalue weighted by atomic mass is 32.2. The average molecular weight is 381 g/mol. The predicted octanol–water partition coefficient (Wildman–Crippen LogP) is 4.23. The van der Waals surface area contributed by atoms with Gasteiger partial charge in [0.15, 0.2) is 0 Å². The fourth-order valence-corrected chi connectivity index (χ4v) is 4.88. The topological polar surface area (TPSA) is 65.4 Å². The number of methoxy groups -OCH3 is 1. The van der Waals surface area contributed by atoms with Crippen molar-refractivity contribution in [3.05, 3.63) is 71.9 Å². The maximum absolute atomic E-state index is 13.3. The number of benzene rings is 2. The van der Waals surface area contributed by atoms with E-state index in [0.29, 0.717) is 11.1 Å². The summed E-state index contributed by atoms with van der Waals surface area (Å²) in [5.74, 6) is -0.499. The summed E-state index contributed by atoms with van der Waals surface area (Å²) in [4.78, 5) is 11.7. The van der Waals surface area contributed by atoms with Crippen molar-refractivity contribution in [2.45, 2.75) is 24.2 Å². The molecule has 138 valence electrons. The normalized spacial score (nSPS) is 14.3. The Bertz CT molecular complexity index is 1150. The van der Waals surface area contributed by atoms with Gasteiger partial charge in [-0.25, -0.2) is 17.2 Å². The maximum Gasteiger partial charge on any atom is 0.337 e. The van der Waals surface area contributed by atoms with Gasteiger partial charge in [-0.2, -0.15) is 0 Å². The minimum absolute atomic E-state index is 0.128. The molecule has 1 heterocycles. The van der Waals surface area contributed by atoms with E-state index in [2.05, 4.69) is 10.8 Å². The van der Waals surface area contributed by atoms with Crippen molar-refractivity contribution >= 4 is 32.5 Å². The van der Waals surface area contributed by atoms with Crippen LogP contribution in [0.5, 0.6) is 0 Å². The second-order valence-electron chi connectivity index (χ2n) is 6.50. The molecule has 1 aliphatic rings. The van der Waals surface area contributed by atoms with Crippen LogP contribution in [-0.2, 0) is 14.8 Å². The number of para-hydroxylation sites is 1. The van der Waals surface area contributed by atoms with Crippen molar-refractivity contribution < 1.29 is 17.9 Å². The second kappa shape index (κ2) is 6.70. The van der Waals surface area contributed by atoms with Gasteiger partial charge >= 0.3 is 5.97 Å². The second-order valence-corrected chi connectivity index (χ2v) is 8.31. The van der Waals surface area contributed by atoms with Crippen LogP contribution in [0.15, 0.2) is 65.7 Å². The Balaban J connectivity index is 1.85. The molecule has 0 saturated heterocycles. The SMILES string of the molecule is COC(=O)c1ccc(S(=O)(=O)n2cc(C3=CCCC3)c3ccccc32)cc1. The summed E-state index contributed by atoms with van der Waals surface area (Å²) in [6.45, 7) is 0. The molecule has 0 atom stereocenters. The summed E-state index contributed by atoms with van der Waals surface area (Å²) in [6, 6.07) is 13.3. The molecule has 0 N–H and O–H groups in total. The highest BCUT2D eigenvalue weighted by molar-refractivity contribution is 7.90. The van der Waals surface area contributed by atoms with Crippen LogP contribution >= 0.6 is 0 Å². The first-order valence-electron chi connectivity index (χ1n) is 8.76. The molecule has 6 heteroatoms. The van der Waals surface area contributed by atoms with E-state index in [1.165, 1.54) is 40.9 Å². The Kier molecular flexibility index (Phi) is 4.36. The van der Waals surface area contributed by atoms with Crippen LogP contribution in [0.25, 0.3) is 16.5 Å². The Hall–Kier alpha value is -2.86. The number of hydrogen-bond acceptors (Lipinski definition) is 4. The molecular formula is C21H19NO4S. The Labute approximate surface area is 157 Å². The van der Waals surface area contributed by atoms with Crippen molar-refractivity contribution in [1.29, 1.82) is 0 Å². The minimum Gasteiger partial charge on any atom is -0.465 e. The summed E-state index contributed by atoms with van der Waals surface area (Å²) in [5.41, 5.74) is 3.13. The maximum atomic E-state index is 13.3. The number of rotatable bonds is 4. The monoisotopic (exact) mass is 381 g/mol. The number of carbonyl (C=O) groups excluding carboxylic acids is 1. The van der Waals surface area contributed by atoms with Crippen molar-refractivity contribution in [2.24, 2.45) is 0 Å². The van der Waals surface area contributed by atoms with Crippen LogP contribution in [0.3, 0.4) is 0 Å². The predicted molar refractivity (Wildman–Crippen MR) is 104 cm³/mol. The van der Waals surface area contributed by atoms with Gasteiger partial charge in [0.2, 0.25) is 0 Å². The summed E-state index contributed by atoms with van der Waals surface area (Å²) < 4.78 is 32.5. The number of carbonyl (C=O) groups is 1. The van der Waals surface area contributed by atoms with Gasteiger partial charge < -0.3 is 4.74 Å². The molecule has 5 nitrogen and oxygen atoms in total. The summed E-state index contributed by atoms with van der Waals surface area (Å²) in [6.07, 6.45) is 6.98. The quantitative estimate of drug-likeness (QED) is 0.634. The zero-order valence-electron chi connectivity index (χ0n) is 14.9. The van der Waals surface area contributed by atoms with E-state index in [1.54, 1.807) is 6.20 Å². The van der Waals surface area contributed by atoms with Crippen LogP contribution in [0.4, 0.5) is 0 Å². The third-order valence-electron chi connectivity index (χ3n) is 4.90. The van der Waals surface area contributed by atoms with Gasteiger partial charge in [-0.3, -0.25) is 0 Å². The van der Waals surface area contributed by atoms with Crippen LogP contribution < -0.4 is 0 Å². The average Bonchev–Trinajstić information content (AvgIpc) is 3.35. The molecule has 0 fully saturated rings. The smallest absolute Gasteiger partial charge is 0.337 e. The molecule has 27 heavy (non-hydrogen) atoms. The lowest BCUT2D eigenvalue weighted by atomic mass is 10.0. The van der Waals surface area contributed by atoms with Crippen molar-refractivity contribution in [1.82, 2.24) is 3.97 Å². The van der Waals surface area contributed by atoms with Gasteiger partial charge in [0, 0.05) is 17.1 Å². The van der Waals surface area contributed by atoms with Gasteiger partial charge in [0.25, 0.3) is 10.0 Å². The van der Waals surface area contributed by atoms with E-state index >= 15 is 0 Å². The zero-order valence-corrected chi connectivity index (χ0v) is 15.7. The fourth-order valence-electron chi connectivity index (χ4n) is 3.51. The largest absolute Gasteiger partial charge is 0.465 e. The van der Waals surface area contributed by atoms with Gasteiger partial charge in [-0.1, -0.05) is 24.3 Å². The number of fused-ring (bicyclic) bond motifs is 1. The first kappa shape index (κ1) is 17.5. The van der Waals surface area contributed by atoms with Crippen molar-refractivity contribution in [2.75, 3.05) is 7.11 Å². The molecule has 0 saturated carbocycles. The van der Waals surface area contributed by atoms with Gasteiger partial charge in [-0.05, 0) is 55.2 Å².